The first kappa shape index (κ1) is 11.4. The van der Waals surface area contributed by atoms with Gasteiger partial charge in [-0.1, -0.05) is 15.9 Å². The van der Waals surface area contributed by atoms with Crippen molar-refractivity contribution in [3.8, 4) is 0 Å². The molecule has 4 heteroatoms. The molecular weight excluding hydrogens is 235 g/mol. The summed E-state index contributed by atoms with van der Waals surface area (Å²) in [5.74, 6) is 0. The molecule has 0 aliphatic carbocycles. The molecule has 0 amide bonds. The maximum absolute atomic E-state index is 9.93. The summed E-state index contributed by atoms with van der Waals surface area (Å²) in [5, 5.41) is 0.747. The van der Waals surface area contributed by atoms with Gasteiger partial charge in [0, 0.05) is 11.8 Å². The van der Waals surface area contributed by atoms with Crippen molar-refractivity contribution in [2.24, 2.45) is 0 Å². The van der Waals surface area contributed by atoms with Crippen LogP contribution >= 0.6 is 31.9 Å². The van der Waals surface area contributed by atoms with Gasteiger partial charge in [0.1, 0.15) is 0 Å². The standard InChI is InChI=1S/C3H4Br2O.Na.H/c4-2-1-3(5)6;;/h1-2H2;;/q;+1;-1. The van der Waals surface area contributed by atoms with Crippen LogP contribution in [-0.4, -0.2) is 10.0 Å². The van der Waals surface area contributed by atoms with Gasteiger partial charge in [-0.3, -0.25) is 4.79 Å². The van der Waals surface area contributed by atoms with E-state index in [1.807, 2.05) is 0 Å². The van der Waals surface area contributed by atoms with Crippen molar-refractivity contribution in [1.29, 1.82) is 0 Å². The van der Waals surface area contributed by atoms with E-state index in [-0.39, 0.29) is 35.7 Å². The van der Waals surface area contributed by atoms with Crippen molar-refractivity contribution < 1.29 is 35.8 Å². The van der Waals surface area contributed by atoms with Crippen LogP contribution in [0.25, 0.3) is 0 Å². The van der Waals surface area contributed by atoms with E-state index in [0.29, 0.717) is 6.42 Å². The molecular formula is C3H5Br2NaO. The van der Waals surface area contributed by atoms with Gasteiger partial charge in [0.2, 0.25) is 0 Å². The maximum atomic E-state index is 9.93. The molecule has 7 heavy (non-hydrogen) atoms. The fourth-order valence-electron chi connectivity index (χ4n) is 0.0743. The minimum Gasteiger partial charge on any atom is -1.00 e. The van der Waals surface area contributed by atoms with Gasteiger partial charge in [-0.2, -0.15) is 0 Å². The monoisotopic (exact) mass is 238 g/mol. The molecule has 0 saturated carbocycles. The molecule has 38 valence electrons. The molecule has 0 aliphatic heterocycles. The fourth-order valence-corrected chi connectivity index (χ4v) is 1.16. The number of rotatable bonds is 2. The third-order valence-corrected chi connectivity index (χ3v) is 1.08. The molecule has 0 aromatic rings. The van der Waals surface area contributed by atoms with Gasteiger partial charge in [0.25, 0.3) is 0 Å². The van der Waals surface area contributed by atoms with Gasteiger partial charge in [0.15, 0.2) is 4.69 Å². The SMILES string of the molecule is O=C(Br)CCBr.[H-].[Na+]. The Morgan fingerprint density at radius 2 is 2.14 bits per heavy atom. The molecule has 0 aromatic heterocycles. The summed E-state index contributed by atoms with van der Waals surface area (Å²) in [4.78, 5) is 9.93. The zero-order valence-corrected chi connectivity index (χ0v) is 9.25. The summed E-state index contributed by atoms with van der Waals surface area (Å²) in [6.07, 6.45) is 0.569. The smallest absolute Gasteiger partial charge is 1.00 e. The van der Waals surface area contributed by atoms with Crippen LogP contribution in [-0.2, 0) is 4.79 Å². The molecule has 0 N–H and O–H groups in total. The Morgan fingerprint density at radius 1 is 1.71 bits per heavy atom. The summed E-state index contributed by atoms with van der Waals surface area (Å²) < 4.78 is 0.0550. The normalized spacial score (nSPS) is 7.14. The average Bonchev–Trinajstić information content (AvgIpc) is 1.35. The first-order chi connectivity index (χ1) is 2.77. The van der Waals surface area contributed by atoms with Crippen LogP contribution in [0.2, 0.25) is 0 Å². The van der Waals surface area contributed by atoms with E-state index in [1.54, 1.807) is 0 Å². The van der Waals surface area contributed by atoms with E-state index >= 15 is 0 Å². The van der Waals surface area contributed by atoms with Crippen molar-refractivity contribution in [2.75, 3.05) is 5.33 Å². The van der Waals surface area contributed by atoms with E-state index in [4.69, 9.17) is 0 Å². The van der Waals surface area contributed by atoms with Crippen LogP contribution in [0, 0.1) is 0 Å². The van der Waals surface area contributed by atoms with Crippen molar-refractivity contribution in [1.82, 2.24) is 0 Å². The molecule has 0 aliphatic rings. The van der Waals surface area contributed by atoms with E-state index in [2.05, 4.69) is 31.9 Å². The Labute approximate surface area is 83.3 Å². The van der Waals surface area contributed by atoms with Gasteiger partial charge >= 0.3 is 29.6 Å². The third kappa shape index (κ3) is 11.3. The van der Waals surface area contributed by atoms with Crippen LogP contribution in [0.5, 0.6) is 0 Å². The maximum Gasteiger partial charge on any atom is 1.00 e. The van der Waals surface area contributed by atoms with E-state index < -0.39 is 0 Å². The number of carbonyl (C=O) groups is 1. The number of alkyl halides is 1. The topological polar surface area (TPSA) is 17.1 Å². The van der Waals surface area contributed by atoms with Gasteiger partial charge < -0.3 is 1.43 Å². The predicted molar refractivity (Wildman–Crippen MR) is 33.5 cm³/mol. The van der Waals surface area contributed by atoms with Gasteiger partial charge in [-0.25, -0.2) is 0 Å². The number of carbonyl (C=O) groups excluding carboxylic acids is 1. The fraction of sp³-hybridized carbons (Fsp3) is 0.667. The van der Waals surface area contributed by atoms with Gasteiger partial charge in [-0.05, 0) is 15.9 Å². The second-order valence-corrected chi connectivity index (χ2v) is 2.47. The summed E-state index contributed by atoms with van der Waals surface area (Å²) in [5.41, 5.74) is 0. The Hall–Kier alpha value is 1.63. The summed E-state index contributed by atoms with van der Waals surface area (Å²) in [7, 11) is 0. The van der Waals surface area contributed by atoms with Gasteiger partial charge in [-0.15, -0.1) is 0 Å². The Kier molecular flexibility index (Phi) is 12.5. The predicted octanol–water partition coefficient (Wildman–Crippen LogP) is -1.19. The van der Waals surface area contributed by atoms with Crippen molar-refractivity contribution in [3.05, 3.63) is 0 Å². The molecule has 0 radical (unpaired) electrons. The van der Waals surface area contributed by atoms with Crippen LogP contribution in [0.1, 0.15) is 7.85 Å². The van der Waals surface area contributed by atoms with Crippen molar-refractivity contribution >= 4 is 36.6 Å². The molecule has 0 fully saturated rings. The van der Waals surface area contributed by atoms with Crippen LogP contribution in [0.4, 0.5) is 0 Å². The van der Waals surface area contributed by atoms with Gasteiger partial charge in [0.05, 0.1) is 0 Å². The Bertz CT molecular complexity index is 61.2. The van der Waals surface area contributed by atoms with Crippen LogP contribution in [0.15, 0.2) is 0 Å². The van der Waals surface area contributed by atoms with E-state index in [0.717, 1.165) is 5.33 Å². The van der Waals surface area contributed by atoms with Crippen LogP contribution in [0.3, 0.4) is 0 Å². The molecule has 0 bridgehead atoms. The summed E-state index contributed by atoms with van der Waals surface area (Å²) in [6.45, 7) is 0. The molecule has 0 spiro atoms. The average molecular weight is 240 g/mol. The minimum atomic E-state index is 0. The molecule has 0 unspecified atom stereocenters. The molecule has 0 heterocycles. The number of hydrogen-bond donors (Lipinski definition) is 0. The zero-order valence-electron chi connectivity index (χ0n) is 5.08. The van der Waals surface area contributed by atoms with E-state index in [1.165, 1.54) is 0 Å². The van der Waals surface area contributed by atoms with Crippen molar-refractivity contribution in [2.45, 2.75) is 6.42 Å². The minimum absolute atomic E-state index is 0. The second kappa shape index (κ2) is 7.63. The third-order valence-electron chi connectivity index (χ3n) is 0.291. The first-order valence-corrected chi connectivity index (χ1v) is 3.43. The Morgan fingerprint density at radius 3 is 2.14 bits per heavy atom. The largest absolute Gasteiger partial charge is 1.00 e. The van der Waals surface area contributed by atoms with Crippen LogP contribution < -0.4 is 29.6 Å². The van der Waals surface area contributed by atoms with Crippen molar-refractivity contribution in [3.63, 3.8) is 0 Å². The summed E-state index contributed by atoms with van der Waals surface area (Å²) in [6, 6.07) is 0. The second-order valence-electron chi connectivity index (χ2n) is 0.794. The first-order valence-electron chi connectivity index (χ1n) is 1.51. The zero-order chi connectivity index (χ0) is 4.99. The van der Waals surface area contributed by atoms with E-state index in [9.17, 15) is 4.79 Å². The summed E-state index contributed by atoms with van der Waals surface area (Å²) >= 11 is 5.86. The molecule has 0 aromatic carbocycles. The quantitative estimate of drug-likeness (QED) is 0.337. The molecule has 0 atom stereocenters. The number of halogens is 2. The molecule has 1 nitrogen and oxygen atoms in total. The number of hydrogen-bond acceptors (Lipinski definition) is 1. The molecule has 0 saturated heterocycles. The Balaban J connectivity index is -0.000000125. The molecule has 0 rings (SSSR count).